The van der Waals surface area contributed by atoms with Crippen LogP contribution in [0.2, 0.25) is 0 Å². The van der Waals surface area contributed by atoms with E-state index >= 15 is 0 Å². The summed E-state index contributed by atoms with van der Waals surface area (Å²) in [6, 6.07) is 0. The second-order valence-corrected chi connectivity index (χ2v) is 1.67. The lowest BCUT2D eigenvalue weighted by atomic mass is 10.2. The van der Waals surface area contributed by atoms with Crippen molar-refractivity contribution in [3.63, 3.8) is 0 Å². The number of rotatable bonds is 4. The predicted octanol–water partition coefficient (Wildman–Crippen LogP) is 1.60. The molecule has 0 heterocycles. The Morgan fingerprint density at radius 3 is 2.62 bits per heavy atom. The minimum absolute atomic E-state index is 0.211. The number of unbranched alkanes of at least 4 members (excludes halogenated alkanes) is 2. The summed E-state index contributed by atoms with van der Waals surface area (Å²) in [5, 5.41) is 0. The summed E-state index contributed by atoms with van der Waals surface area (Å²) in [6.07, 6.45) is 6.19. The van der Waals surface area contributed by atoms with Crippen LogP contribution >= 0.6 is 0 Å². The lowest BCUT2D eigenvalue weighted by Crippen LogP contribution is -1.89. The molecule has 0 atom stereocenters. The summed E-state index contributed by atoms with van der Waals surface area (Å²) >= 11 is 0. The van der Waals surface area contributed by atoms with E-state index in [0.717, 1.165) is 0 Å². The van der Waals surface area contributed by atoms with Crippen molar-refractivity contribution in [2.45, 2.75) is 20.3 Å². The summed E-state index contributed by atoms with van der Waals surface area (Å²) in [7, 11) is 0. The second kappa shape index (κ2) is 4.82. The Hall–Kier alpha value is -0.330. The van der Waals surface area contributed by atoms with Crippen molar-refractivity contribution in [3.05, 3.63) is 19.3 Å². The predicted molar refractivity (Wildman–Crippen MR) is 33.9 cm³/mol. The number of carbonyl (C=O) groups is 1. The van der Waals surface area contributed by atoms with Gasteiger partial charge in [-0.3, -0.25) is 0 Å². The second-order valence-electron chi connectivity index (χ2n) is 1.67. The van der Waals surface area contributed by atoms with Crippen LogP contribution in [0.25, 0.3) is 0 Å². The zero-order valence-electron chi connectivity index (χ0n) is 5.35. The van der Waals surface area contributed by atoms with Crippen molar-refractivity contribution in [1.29, 1.82) is 0 Å². The van der Waals surface area contributed by atoms with E-state index in [0.29, 0.717) is 6.42 Å². The molecule has 0 fully saturated rings. The fourth-order valence-corrected chi connectivity index (χ4v) is 0.370. The Bertz CT molecular complexity index is 66.8. The molecule has 0 saturated heterocycles. The number of ketones is 1. The van der Waals surface area contributed by atoms with E-state index in [1.165, 1.54) is 0 Å². The van der Waals surface area contributed by atoms with Crippen LogP contribution in [0.15, 0.2) is 0 Å². The Morgan fingerprint density at radius 2 is 2.25 bits per heavy atom. The molecule has 0 aliphatic carbocycles. The molecular formula is C7H11O. The fraction of sp³-hybridized carbons (Fsp3) is 0.429. The standard InChI is InChI=1S/C7H11O/c1-3-4-5-6-7(2)8/h3-5H,6H2,1-2H3. The van der Waals surface area contributed by atoms with Crippen LogP contribution in [0.5, 0.6) is 0 Å². The first-order chi connectivity index (χ1) is 3.77. The average Bonchev–Trinajstić information content (AvgIpc) is 1.66. The van der Waals surface area contributed by atoms with Crippen LogP contribution in [0.4, 0.5) is 0 Å². The van der Waals surface area contributed by atoms with Gasteiger partial charge in [-0.15, -0.1) is 0 Å². The molecule has 0 saturated carbocycles. The van der Waals surface area contributed by atoms with Crippen LogP contribution in [0.3, 0.4) is 0 Å². The Kier molecular flexibility index (Phi) is 4.62. The van der Waals surface area contributed by atoms with Gasteiger partial charge in [0.05, 0.1) is 0 Å². The normalized spacial score (nSPS) is 9.25. The monoisotopic (exact) mass is 111 g/mol. The number of carbonyl (C=O) groups excluding carboxylic acids is 1. The van der Waals surface area contributed by atoms with Gasteiger partial charge in [0, 0.05) is 6.42 Å². The largest absolute Gasteiger partial charge is 0.300 e. The summed E-state index contributed by atoms with van der Waals surface area (Å²) < 4.78 is 0. The Balaban J connectivity index is 2.82. The Morgan fingerprint density at radius 1 is 1.62 bits per heavy atom. The van der Waals surface area contributed by atoms with Gasteiger partial charge < -0.3 is 4.79 Å². The molecule has 0 amide bonds. The zero-order chi connectivity index (χ0) is 6.41. The highest BCUT2D eigenvalue weighted by Gasteiger charge is 1.90. The molecule has 0 aliphatic heterocycles. The van der Waals surface area contributed by atoms with Gasteiger partial charge in [0.2, 0.25) is 0 Å². The van der Waals surface area contributed by atoms with E-state index in [-0.39, 0.29) is 5.78 Å². The minimum Gasteiger partial charge on any atom is -0.300 e. The van der Waals surface area contributed by atoms with Gasteiger partial charge in [-0.2, -0.15) is 0 Å². The SMILES string of the molecule is C[CH][CH][CH]CC(C)=O. The highest BCUT2D eigenvalue weighted by Crippen LogP contribution is 1.94. The van der Waals surface area contributed by atoms with E-state index in [1.807, 2.05) is 26.2 Å². The molecule has 0 spiro atoms. The van der Waals surface area contributed by atoms with Crippen LogP contribution in [0.1, 0.15) is 20.3 Å². The maximum atomic E-state index is 10.3. The van der Waals surface area contributed by atoms with Gasteiger partial charge in [-0.1, -0.05) is 6.92 Å². The summed E-state index contributed by atoms with van der Waals surface area (Å²) in [5.74, 6) is 0.211. The van der Waals surface area contributed by atoms with Gasteiger partial charge in [0.25, 0.3) is 0 Å². The maximum absolute atomic E-state index is 10.3. The van der Waals surface area contributed by atoms with Gasteiger partial charge in [-0.25, -0.2) is 0 Å². The number of hydrogen-bond donors (Lipinski definition) is 0. The van der Waals surface area contributed by atoms with Crippen LogP contribution in [0, 0.1) is 19.3 Å². The molecule has 8 heavy (non-hydrogen) atoms. The molecule has 0 aliphatic rings. The summed E-state index contributed by atoms with van der Waals surface area (Å²) in [5.41, 5.74) is 0. The summed E-state index contributed by atoms with van der Waals surface area (Å²) in [6.45, 7) is 3.51. The lowest BCUT2D eigenvalue weighted by Gasteiger charge is -1.89. The Labute approximate surface area is 51.1 Å². The van der Waals surface area contributed by atoms with E-state index in [4.69, 9.17) is 0 Å². The molecule has 0 rings (SSSR count). The molecule has 1 nitrogen and oxygen atoms in total. The molecule has 0 N–H and O–H groups in total. The van der Waals surface area contributed by atoms with E-state index in [9.17, 15) is 4.79 Å². The van der Waals surface area contributed by atoms with Gasteiger partial charge in [-0.05, 0) is 26.2 Å². The third-order valence-corrected chi connectivity index (χ3v) is 0.734. The first-order valence-electron chi connectivity index (χ1n) is 2.71. The van der Waals surface area contributed by atoms with Crippen LogP contribution in [-0.2, 0) is 4.79 Å². The first-order valence-corrected chi connectivity index (χ1v) is 2.71. The van der Waals surface area contributed by atoms with Crippen LogP contribution in [-0.4, -0.2) is 5.78 Å². The molecule has 0 unspecified atom stereocenters. The molecule has 3 radical (unpaired) electrons. The van der Waals surface area contributed by atoms with Gasteiger partial charge in [0.1, 0.15) is 5.78 Å². The third-order valence-electron chi connectivity index (χ3n) is 0.734. The number of hydrogen-bond acceptors (Lipinski definition) is 1. The molecule has 0 aromatic heterocycles. The number of Topliss-reactive ketones (excluding diaryl/α,β-unsaturated/α-hetero) is 1. The average molecular weight is 111 g/mol. The minimum atomic E-state index is 0.211. The molecular weight excluding hydrogens is 100 g/mol. The van der Waals surface area contributed by atoms with Gasteiger partial charge in [0.15, 0.2) is 0 Å². The highest BCUT2D eigenvalue weighted by molar-refractivity contribution is 5.76. The smallest absolute Gasteiger partial charge is 0.130 e. The molecule has 0 aromatic carbocycles. The van der Waals surface area contributed by atoms with Crippen molar-refractivity contribution >= 4 is 5.78 Å². The highest BCUT2D eigenvalue weighted by atomic mass is 16.1. The van der Waals surface area contributed by atoms with E-state index < -0.39 is 0 Å². The molecule has 0 bridgehead atoms. The molecule has 45 valence electrons. The van der Waals surface area contributed by atoms with Crippen molar-refractivity contribution in [1.82, 2.24) is 0 Å². The first kappa shape index (κ1) is 7.67. The van der Waals surface area contributed by atoms with Crippen molar-refractivity contribution in [2.75, 3.05) is 0 Å². The quantitative estimate of drug-likeness (QED) is 0.503. The van der Waals surface area contributed by atoms with E-state index in [1.54, 1.807) is 6.92 Å². The van der Waals surface area contributed by atoms with Crippen LogP contribution < -0.4 is 0 Å². The summed E-state index contributed by atoms with van der Waals surface area (Å²) in [4.78, 5) is 10.3. The topological polar surface area (TPSA) is 17.1 Å². The molecule has 1 heteroatoms. The van der Waals surface area contributed by atoms with E-state index in [2.05, 4.69) is 0 Å². The van der Waals surface area contributed by atoms with Crippen molar-refractivity contribution in [3.8, 4) is 0 Å². The maximum Gasteiger partial charge on any atom is 0.130 e. The third kappa shape index (κ3) is 5.67. The fourth-order valence-electron chi connectivity index (χ4n) is 0.370. The lowest BCUT2D eigenvalue weighted by molar-refractivity contribution is -0.116. The zero-order valence-corrected chi connectivity index (χ0v) is 5.35. The van der Waals surface area contributed by atoms with Crippen molar-refractivity contribution < 1.29 is 4.79 Å². The molecule has 0 aromatic rings. The van der Waals surface area contributed by atoms with Crippen molar-refractivity contribution in [2.24, 2.45) is 0 Å². The van der Waals surface area contributed by atoms with Gasteiger partial charge >= 0.3 is 0 Å².